The van der Waals surface area contributed by atoms with Crippen molar-refractivity contribution in [2.45, 2.75) is 0 Å². The summed E-state index contributed by atoms with van der Waals surface area (Å²) < 4.78 is 1.18. The van der Waals surface area contributed by atoms with Gasteiger partial charge in [-0.3, -0.25) is 4.98 Å². The minimum absolute atomic E-state index is 1.02. The van der Waals surface area contributed by atoms with Crippen molar-refractivity contribution in [3.63, 3.8) is 0 Å². The van der Waals surface area contributed by atoms with Gasteiger partial charge in [-0.2, -0.15) is 0 Å². The molecular weight excluding hydrogens is 565 g/mol. The summed E-state index contributed by atoms with van der Waals surface area (Å²) in [6.45, 7) is 0. The second kappa shape index (κ2) is 11.8. The Balaban J connectivity index is 1.10. The average Bonchev–Trinajstić information content (AvgIpc) is 3.56. The van der Waals surface area contributed by atoms with Gasteiger partial charge in [0.2, 0.25) is 0 Å². The van der Waals surface area contributed by atoms with E-state index in [2.05, 4.69) is 157 Å². The molecule has 6 aromatic carbocycles. The molecule has 8 aromatic rings. The Labute approximate surface area is 267 Å². The number of pyridine rings is 1. The topological polar surface area (TPSA) is 25.8 Å². The van der Waals surface area contributed by atoms with E-state index in [0.29, 0.717) is 0 Å². The molecule has 212 valence electrons. The third kappa shape index (κ3) is 5.58. The van der Waals surface area contributed by atoms with Gasteiger partial charge >= 0.3 is 0 Å². The normalized spacial score (nSPS) is 11.1. The number of benzene rings is 6. The maximum Gasteiger partial charge on any atom is 0.124 e. The van der Waals surface area contributed by atoms with Crippen molar-refractivity contribution in [3.8, 4) is 66.2 Å². The average molecular weight is 593 g/mol. The van der Waals surface area contributed by atoms with Crippen LogP contribution in [-0.4, -0.2) is 9.97 Å². The van der Waals surface area contributed by atoms with Gasteiger partial charge in [-0.25, -0.2) is 4.98 Å². The van der Waals surface area contributed by atoms with Crippen molar-refractivity contribution in [1.29, 1.82) is 0 Å². The first-order valence-electron chi connectivity index (χ1n) is 15.1. The number of nitrogens with zero attached hydrogens (tertiary/aromatic N) is 2. The summed E-state index contributed by atoms with van der Waals surface area (Å²) in [5.41, 5.74) is 14.1. The minimum Gasteiger partial charge on any atom is -0.264 e. The fraction of sp³-hybridized carbons (Fsp3) is 0. The van der Waals surface area contributed by atoms with Crippen LogP contribution in [0, 0.1) is 0 Å². The molecule has 0 unspecified atom stereocenters. The Hall–Kier alpha value is -5.64. The number of thiazole rings is 1. The predicted octanol–water partition coefficient (Wildman–Crippen LogP) is 11.7. The first kappa shape index (κ1) is 26.9. The molecule has 0 aliphatic heterocycles. The van der Waals surface area contributed by atoms with Crippen molar-refractivity contribution in [2.24, 2.45) is 0 Å². The SMILES string of the molecule is c1ccc(-c2cc(-c3ccccc3)cc(-c3ccc4nc(-c5ccc(-c6ccc(-c7cccnc7)cc6)cc5)sc4c3)c2)cc1. The van der Waals surface area contributed by atoms with E-state index in [9.17, 15) is 0 Å². The van der Waals surface area contributed by atoms with Crippen molar-refractivity contribution in [2.75, 3.05) is 0 Å². The fourth-order valence-electron chi connectivity index (χ4n) is 5.81. The lowest BCUT2D eigenvalue weighted by Crippen LogP contribution is -1.86. The minimum atomic E-state index is 1.02. The maximum absolute atomic E-state index is 5.01. The van der Waals surface area contributed by atoms with Crippen molar-refractivity contribution in [1.82, 2.24) is 9.97 Å². The van der Waals surface area contributed by atoms with E-state index < -0.39 is 0 Å². The lowest BCUT2D eigenvalue weighted by molar-refractivity contribution is 1.33. The van der Waals surface area contributed by atoms with Gasteiger partial charge < -0.3 is 0 Å². The number of fused-ring (bicyclic) bond motifs is 1. The lowest BCUT2D eigenvalue weighted by Gasteiger charge is -2.11. The second-order valence-corrected chi connectivity index (χ2v) is 12.2. The van der Waals surface area contributed by atoms with E-state index in [1.165, 1.54) is 54.8 Å². The number of rotatable bonds is 6. The smallest absolute Gasteiger partial charge is 0.124 e. The first-order valence-corrected chi connectivity index (χ1v) is 15.9. The van der Waals surface area contributed by atoms with Crippen LogP contribution in [0.2, 0.25) is 0 Å². The number of hydrogen-bond donors (Lipinski definition) is 0. The summed E-state index contributed by atoms with van der Waals surface area (Å²) in [6, 6.07) is 56.2. The third-order valence-electron chi connectivity index (χ3n) is 8.21. The summed E-state index contributed by atoms with van der Waals surface area (Å²) in [7, 11) is 0. The predicted molar refractivity (Wildman–Crippen MR) is 190 cm³/mol. The monoisotopic (exact) mass is 592 g/mol. The quantitative estimate of drug-likeness (QED) is 0.192. The molecule has 0 saturated carbocycles. The van der Waals surface area contributed by atoms with Crippen LogP contribution >= 0.6 is 11.3 Å². The molecule has 0 N–H and O–H groups in total. The van der Waals surface area contributed by atoms with E-state index in [1.807, 2.05) is 12.3 Å². The zero-order valence-electron chi connectivity index (χ0n) is 24.5. The Morgan fingerprint density at radius 2 is 0.822 bits per heavy atom. The molecule has 3 heteroatoms. The molecule has 2 aromatic heterocycles. The van der Waals surface area contributed by atoms with Crippen molar-refractivity contribution >= 4 is 21.6 Å². The summed E-state index contributed by atoms with van der Waals surface area (Å²) in [5, 5.41) is 1.03. The van der Waals surface area contributed by atoms with Crippen LogP contribution in [0.1, 0.15) is 0 Å². The van der Waals surface area contributed by atoms with Gasteiger partial charge in [0.1, 0.15) is 5.01 Å². The van der Waals surface area contributed by atoms with Crippen LogP contribution in [0.25, 0.3) is 76.4 Å². The highest BCUT2D eigenvalue weighted by atomic mass is 32.1. The summed E-state index contributed by atoms with van der Waals surface area (Å²) in [6.07, 6.45) is 3.70. The molecular formula is C42H28N2S. The van der Waals surface area contributed by atoms with Gasteiger partial charge in [-0.1, -0.05) is 121 Å². The van der Waals surface area contributed by atoms with Gasteiger partial charge in [-0.15, -0.1) is 11.3 Å². The van der Waals surface area contributed by atoms with Crippen LogP contribution in [0.4, 0.5) is 0 Å². The molecule has 0 fully saturated rings. The number of aromatic nitrogens is 2. The van der Waals surface area contributed by atoms with Crippen LogP contribution in [0.5, 0.6) is 0 Å². The lowest BCUT2D eigenvalue weighted by atomic mass is 9.93. The standard InChI is InChI=1S/C42H28N2S/c1-3-8-29(9-4-1)37-24-38(30-10-5-2-6-11-30)26-39(25-37)35-21-22-40-41(27-35)45-42(44-40)34-19-17-32(18-20-34)31-13-15-33(16-14-31)36-12-7-23-43-28-36/h1-28H. The molecule has 0 atom stereocenters. The van der Waals surface area contributed by atoms with Crippen LogP contribution < -0.4 is 0 Å². The van der Waals surface area contributed by atoms with Gasteiger partial charge in [0.15, 0.2) is 0 Å². The largest absolute Gasteiger partial charge is 0.264 e. The molecule has 0 saturated heterocycles. The Bertz CT molecular complexity index is 2160. The Kier molecular flexibility index (Phi) is 7.07. The fourth-order valence-corrected chi connectivity index (χ4v) is 6.82. The van der Waals surface area contributed by atoms with Crippen molar-refractivity contribution < 1.29 is 0 Å². The molecule has 0 radical (unpaired) electrons. The zero-order chi connectivity index (χ0) is 30.0. The highest BCUT2D eigenvalue weighted by Gasteiger charge is 2.11. The van der Waals surface area contributed by atoms with E-state index in [0.717, 1.165) is 21.7 Å². The highest BCUT2D eigenvalue weighted by molar-refractivity contribution is 7.21. The second-order valence-electron chi connectivity index (χ2n) is 11.1. The molecule has 2 heterocycles. The molecule has 8 rings (SSSR count). The van der Waals surface area contributed by atoms with Gasteiger partial charge in [-0.05, 0) is 92.0 Å². The number of hydrogen-bond acceptors (Lipinski definition) is 3. The zero-order valence-corrected chi connectivity index (χ0v) is 25.3. The van der Waals surface area contributed by atoms with Crippen LogP contribution in [0.15, 0.2) is 170 Å². The molecule has 0 amide bonds. The molecule has 2 nitrogen and oxygen atoms in total. The van der Waals surface area contributed by atoms with Gasteiger partial charge in [0.05, 0.1) is 10.2 Å². The molecule has 0 spiro atoms. The van der Waals surface area contributed by atoms with E-state index in [1.54, 1.807) is 17.5 Å². The molecule has 0 aliphatic carbocycles. The van der Waals surface area contributed by atoms with Crippen LogP contribution in [-0.2, 0) is 0 Å². The summed E-state index contributed by atoms with van der Waals surface area (Å²) in [5.74, 6) is 0. The Morgan fingerprint density at radius 1 is 0.356 bits per heavy atom. The van der Waals surface area contributed by atoms with E-state index >= 15 is 0 Å². The first-order chi connectivity index (χ1) is 22.3. The van der Waals surface area contributed by atoms with Crippen molar-refractivity contribution in [3.05, 3.63) is 170 Å². The summed E-state index contributed by atoms with van der Waals surface area (Å²) >= 11 is 1.74. The Morgan fingerprint density at radius 3 is 1.38 bits per heavy atom. The summed E-state index contributed by atoms with van der Waals surface area (Å²) in [4.78, 5) is 9.25. The van der Waals surface area contributed by atoms with Gasteiger partial charge in [0.25, 0.3) is 0 Å². The third-order valence-corrected chi connectivity index (χ3v) is 9.28. The van der Waals surface area contributed by atoms with E-state index in [4.69, 9.17) is 4.98 Å². The van der Waals surface area contributed by atoms with E-state index in [-0.39, 0.29) is 0 Å². The van der Waals surface area contributed by atoms with Gasteiger partial charge in [0, 0.05) is 18.0 Å². The van der Waals surface area contributed by atoms with Crippen LogP contribution in [0.3, 0.4) is 0 Å². The molecule has 0 bridgehead atoms. The molecule has 0 aliphatic rings. The molecule has 45 heavy (non-hydrogen) atoms. The highest BCUT2D eigenvalue weighted by Crippen LogP contribution is 2.37. The maximum atomic E-state index is 5.01.